The first-order valence-electron chi connectivity index (χ1n) is 5.62. The summed E-state index contributed by atoms with van der Waals surface area (Å²) in [5.41, 5.74) is 2.62. The molecule has 0 radical (unpaired) electrons. The topological polar surface area (TPSA) is 79.3 Å². The molecule has 0 aliphatic heterocycles. The molecule has 5 nitrogen and oxygen atoms in total. The molecule has 0 aliphatic carbocycles. The van der Waals surface area contributed by atoms with Crippen molar-refractivity contribution in [2.24, 2.45) is 0 Å². The molecule has 6 heteroatoms. The Morgan fingerprint density at radius 3 is 2.63 bits per heavy atom. The molecule has 19 heavy (non-hydrogen) atoms. The van der Waals surface area contributed by atoms with E-state index in [1.54, 1.807) is 5.38 Å². The molecule has 1 atom stereocenters. The third kappa shape index (κ3) is 3.62. The van der Waals surface area contributed by atoms with Crippen LogP contribution < -0.4 is 5.32 Å². The second kappa shape index (κ2) is 6.10. The third-order valence-electron chi connectivity index (χ3n) is 2.55. The van der Waals surface area contributed by atoms with Crippen LogP contribution in [0, 0.1) is 0 Å². The molecule has 0 bridgehead atoms. The number of nitrogens with zero attached hydrogens (tertiary/aromatic N) is 1. The second-order valence-corrected chi connectivity index (χ2v) is 4.65. The highest BCUT2D eigenvalue weighted by atomic mass is 32.1. The van der Waals surface area contributed by atoms with Crippen molar-refractivity contribution in [3.8, 4) is 0 Å². The number of carboxylic acids is 1. The fourth-order valence-corrected chi connectivity index (χ4v) is 2.14. The van der Waals surface area contributed by atoms with Crippen molar-refractivity contribution in [3.05, 3.63) is 52.5 Å². The van der Waals surface area contributed by atoms with Crippen molar-refractivity contribution in [2.45, 2.75) is 12.5 Å². The molecule has 1 amide bonds. The lowest BCUT2D eigenvalue weighted by atomic mass is 10.1. The largest absolute Gasteiger partial charge is 0.480 e. The van der Waals surface area contributed by atoms with Gasteiger partial charge in [0.15, 0.2) is 0 Å². The molecular weight excluding hydrogens is 264 g/mol. The first-order chi connectivity index (χ1) is 9.16. The Kier molecular flexibility index (Phi) is 4.25. The van der Waals surface area contributed by atoms with Crippen LogP contribution in [-0.4, -0.2) is 28.0 Å². The first-order valence-corrected chi connectivity index (χ1v) is 6.57. The molecule has 0 unspecified atom stereocenters. The van der Waals surface area contributed by atoms with E-state index >= 15 is 0 Å². The molecule has 1 heterocycles. The number of carbonyl (C=O) groups excluding carboxylic acids is 1. The van der Waals surface area contributed by atoms with Crippen LogP contribution in [0.15, 0.2) is 41.2 Å². The fourth-order valence-electron chi connectivity index (χ4n) is 1.61. The van der Waals surface area contributed by atoms with Gasteiger partial charge in [0.05, 0.1) is 5.51 Å². The van der Waals surface area contributed by atoms with Gasteiger partial charge < -0.3 is 10.4 Å². The van der Waals surface area contributed by atoms with Gasteiger partial charge in [0.1, 0.15) is 11.7 Å². The number of nitrogens with one attached hydrogen (secondary N) is 1. The summed E-state index contributed by atoms with van der Waals surface area (Å²) in [5.74, 6) is -1.53. The molecule has 0 saturated carbocycles. The van der Waals surface area contributed by atoms with E-state index in [9.17, 15) is 9.59 Å². The predicted molar refractivity (Wildman–Crippen MR) is 71.2 cm³/mol. The Hall–Kier alpha value is -2.21. The second-order valence-electron chi connectivity index (χ2n) is 3.93. The monoisotopic (exact) mass is 276 g/mol. The minimum Gasteiger partial charge on any atom is -0.480 e. The van der Waals surface area contributed by atoms with Crippen LogP contribution >= 0.6 is 11.3 Å². The smallest absolute Gasteiger partial charge is 0.326 e. The number of rotatable bonds is 5. The van der Waals surface area contributed by atoms with E-state index in [0.717, 1.165) is 5.56 Å². The predicted octanol–water partition coefficient (Wildman–Crippen LogP) is 1.57. The lowest BCUT2D eigenvalue weighted by Crippen LogP contribution is -2.42. The summed E-state index contributed by atoms with van der Waals surface area (Å²) < 4.78 is 0. The van der Waals surface area contributed by atoms with Gasteiger partial charge in [-0.1, -0.05) is 30.3 Å². The fraction of sp³-hybridized carbons (Fsp3) is 0.154. The number of hydrogen-bond acceptors (Lipinski definition) is 4. The van der Waals surface area contributed by atoms with Crippen molar-refractivity contribution >= 4 is 23.2 Å². The van der Waals surface area contributed by atoms with Gasteiger partial charge in [0.2, 0.25) is 0 Å². The van der Waals surface area contributed by atoms with Crippen LogP contribution in [0.2, 0.25) is 0 Å². The maximum absolute atomic E-state index is 11.8. The summed E-state index contributed by atoms with van der Waals surface area (Å²) in [4.78, 5) is 26.8. The van der Waals surface area contributed by atoms with Gasteiger partial charge in [0, 0.05) is 11.8 Å². The number of amides is 1. The third-order valence-corrected chi connectivity index (χ3v) is 3.14. The van der Waals surface area contributed by atoms with Gasteiger partial charge in [-0.2, -0.15) is 0 Å². The Labute approximate surface area is 113 Å². The van der Waals surface area contributed by atoms with Gasteiger partial charge >= 0.3 is 5.97 Å². The zero-order valence-corrected chi connectivity index (χ0v) is 10.8. The minimum atomic E-state index is -1.06. The van der Waals surface area contributed by atoms with Crippen LogP contribution in [0.1, 0.15) is 16.1 Å². The SMILES string of the molecule is O=C(N[C@H](Cc1ccccc1)C(=O)O)c1cscn1. The van der Waals surface area contributed by atoms with E-state index < -0.39 is 17.9 Å². The first kappa shape index (κ1) is 13.2. The zero-order valence-electron chi connectivity index (χ0n) is 9.95. The van der Waals surface area contributed by atoms with Crippen molar-refractivity contribution in [3.63, 3.8) is 0 Å². The Bertz CT molecular complexity index is 555. The van der Waals surface area contributed by atoms with Gasteiger partial charge in [-0.25, -0.2) is 9.78 Å². The normalized spacial score (nSPS) is 11.8. The summed E-state index contributed by atoms with van der Waals surface area (Å²) in [6.45, 7) is 0. The van der Waals surface area contributed by atoms with Crippen LogP contribution in [0.25, 0.3) is 0 Å². The maximum atomic E-state index is 11.8. The highest BCUT2D eigenvalue weighted by Gasteiger charge is 2.21. The molecule has 2 aromatic rings. The van der Waals surface area contributed by atoms with E-state index in [-0.39, 0.29) is 12.1 Å². The number of carbonyl (C=O) groups is 2. The van der Waals surface area contributed by atoms with E-state index in [2.05, 4.69) is 10.3 Å². The van der Waals surface area contributed by atoms with Crippen molar-refractivity contribution in [1.29, 1.82) is 0 Å². The van der Waals surface area contributed by atoms with E-state index in [1.807, 2.05) is 30.3 Å². The number of hydrogen-bond donors (Lipinski definition) is 2. The van der Waals surface area contributed by atoms with Crippen LogP contribution in [0.5, 0.6) is 0 Å². The molecule has 0 spiro atoms. The molecule has 0 fully saturated rings. The van der Waals surface area contributed by atoms with Crippen LogP contribution in [0.4, 0.5) is 0 Å². The van der Waals surface area contributed by atoms with Crippen LogP contribution in [-0.2, 0) is 11.2 Å². The van der Waals surface area contributed by atoms with Crippen molar-refractivity contribution < 1.29 is 14.7 Å². The van der Waals surface area contributed by atoms with Crippen molar-refractivity contribution in [1.82, 2.24) is 10.3 Å². The summed E-state index contributed by atoms with van der Waals surface area (Å²) in [7, 11) is 0. The number of thiazole rings is 1. The lowest BCUT2D eigenvalue weighted by Gasteiger charge is -2.13. The standard InChI is InChI=1S/C13H12N2O3S/c16-12(11-7-19-8-14-11)15-10(13(17)18)6-9-4-2-1-3-5-9/h1-5,7-8,10H,6H2,(H,15,16)(H,17,18)/t10-/m1/s1. The Morgan fingerprint density at radius 1 is 1.32 bits per heavy atom. The molecular formula is C13H12N2O3S. The van der Waals surface area contributed by atoms with E-state index in [4.69, 9.17) is 5.11 Å². The molecule has 2 N–H and O–H groups in total. The number of aromatic nitrogens is 1. The molecule has 98 valence electrons. The van der Waals surface area contributed by atoms with Crippen LogP contribution in [0.3, 0.4) is 0 Å². The average Bonchev–Trinajstić information content (AvgIpc) is 2.93. The lowest BCUT2D eigenvalue weighted by molar-refractivity contribution is -0.139. The molecule has 0 saturated heterocycles. The average molecular weight is 276 g/mol. The summed E-state index contributed by atoms with van der Waals surface area (Å²) in [5, 5.41) is 13.2. The molecule has 2 rings (SSSR count). The summed E-state index contributed by atoms with van der Waals surface area (Å²) in [6, 6.07) is 8.20. The van der Waals surface area contributed by atoms with Gasteiger partial charge in [-0.3, -0.25) is 4.79 Å². The zero-order chi connectivity index (χ0) is 13.7. The summed E-state index contributed by atoms with van der Waals surface area (Å²) >= 11 is 1.29. The van der Waals surface area contributed by atoms with Gasteiger partial charge in [0.25, 0.3) is 5.91 Å². The summed E-state index contributed by atoms with van der Waals surface area (Å²) in [6.07, 6.45) is 0.242. The Morgan fingerprint density at radius 2 is 2.05 bits per heavy atom. The van der Waals surface area contributed by atoms with Crippen molar-refractivity contribution in [2.75, 3.05) is 0 Å². The highest BCUT2D eigenvalue weighted by molar-refractivity contribution is 7.07. The minimum absolute atomic E-state index is 0.240. The van der Waals surface area contributed by atoms with Gasteiger partial charge in [-0.15, -0.1) is 11.3 Å². The molecule has 1 aromatic heterocycles. The highest BCUT2D eigenvalue weighted by Crippen LogP contribution is 2.06. The van der Waals surface area contributed by atoms with Gasteiger partial charge in [-0.05, 0) is 5.56 Å². The molecule has 0 aliphatic rings. The molecule has 1 aromatic carbocycles. The Balaban J connectivity index is 2.05. The number of benzene rings is 1. The van der Waals surface area contributed by atoms with E-state index in [0.29, 0.717) is 0 Å². The van der Waals surface area contributed by atoms with E-state index in [1.165, 1.54) is 16.8 Å². The number of carboxylic acid groups (broad SMARTS) is 1. The maximum Gasteiger partial charge on any atom is 0.326 e. The quantitative estimate of drug-likeness (QED) is 0.868. The number of aliphatic carboxylic acids is 1.